The van der Waals surface area contributed by atoms with Crippen molar-refractivity contribution in [2.24, 2.45) is 0 Å². The number of carbonyl (C=O) groups is 1. The molecule has 4 rings (SSSR count). The fourth-order valence-corrected chi connectivity index (χ4v) is 3.86. The van der Waals surface area contributed by atoms with Crippen LogP contribution in [0.15, 0.2) is 59.0 Å². The number of amides is 1. The molecule has 0 bridgehead atoms. The van der Waals surface area contributed by atoms with E-state index in [-0.39, 0.29) is 11.9 Å². The van der Waals surface area contributed by atoms with Gasteiger partial charge in [0.25, 0.3) is 0 Å². The Labute approximate surface area is 189 Å². The number of nitrogens with zero attached hydrogens (tertiary/aromatic N) is 4. The molecule has 1 saturated heterocycles. The third-order valence-corrected chi connectivity index (χ3v) is 5.91. The lowest BCUT2D eigenvalue weighted by Crippen LogP contribution is -2.47. The first-order valence-corrected chi connectivity index (χ1v) is 11.2. The summed E-state index contributed by atoms with van der Waals surface area (Å²) >= 11 is 0. The minimum atomic E-state index is -0.0436. The van der Waals surface area contributed by atoms with E-state index in [0.717, 1.165) is 43.9 Å². The van der Waals surface area contributed by atoms with Gasteiger partial charge in [0.1, 0.15) is 0 Å². The van der Waals surface area contributed by atoms with Crippen LogP contribution in [0.25, 0.3) is 11.5 Å². The number of rotatable bonds is 8. The van der Waals surface area contributed by atoms with Crippen LogP contribution >= 0.6 is 0 Å². The number of carbonyl (C=O) groups excluding carboxylic acids is 1. The third kappa shape index (κ3) is 6.02. The molecule has 7 nitrogen and oxygen atoms in total. The van der Waals surface area contributed by atoms with Gasteiger partial charge in [0.15, 0.2) is 0 Å². The second-order valence-electron chi connectivity index (χ2n) is 8.50. The largest absolute Gasteiger partial charge is 0.421 e. The van der Waals surface area contributed by atoms with E-state index in [9.17, 15) is 4.79 Å². The summed E-state index contributed by atoms with van der Waals surface area (Å²) < 4.78 is 5.77. The number of aryl methyl sites for hydroxylation is 2. The van der Waals surface area contributed by atoms with E-state index in [2.05, 4.69) is 44.5 Å². The molecule has 1 amide bonds. The van der Waals surface area contributed by atoms with Gasteiger partial charge >= 0.3 is 0 Å². The van der Waals surface area contributed by atoms with E-state index in [0.29, 0.717) is 24.6 Å². The number of hydrogen-bond acceptors (Lipinski definition) is 6. The molecule has 2 heterocycles. The summed E-state index contributed by atoms with van der Waals surface area (Å²) in [5, 5.41) is 11.5. The minimum Gasteiger partial charge on any atom is -0.421 e. The highest BCUT2D eigenvalue weighted by Gasteiger charge is 2.21. The van der Waals surface area contributed by atoms with Crippen molar-refractivity contribution in [1.29, 1.82) is 0 Å². The Morgan fingerprint density at radius 3 is 2.47 bits per heavy atom. The van der Waals surface area contributed by atoms with Gasteiger partial charge in [-0.25, -0.2) is 0 Å². The molecule has 3 aromatic rings. The van der Waals surface area contributed by atoms with Crippen LogP contribution in [0.1, 0.15) is 29.5 Å². The molecule has 2 aromatic carbocycles. The number of piperazine rings is 1. The standard InChI is InChI=1S/C25H31N5O2/c1-19-8-10-21(11-9-19)25-28-27-24(32-25)13-12-23(31)26-22(20-6-4-3-5-7-20)18-30-16-14-29(2)15-17-30/h3-11,22H,12-18H2,1-2H3,(H,26,31). The van der Waals surface area contributed by atoms with Crippen LogP contribution < -0.4 is 5.32 Å². The third-order valence-electron chi connectivity index (χ3n) is 5.91. The van der Waals surface area contributed by atoms with Crippen molar-refractivity contribution in [3.63, 3.8) is 0 Å². The molecule has 1 aliphatic rings. The maximum atomic E-state index is 12.8. The summed E-state index contributed by atoms with van der Waals surface area (Å²) in [6.45, 7) is 6.97. The predicted octanol–water partition coefficient (Wildman–Crippen LogP) is 3.08. The van der Waals surface area contributed by atoms with Gasteiger partial charge in [-0.1, -0.05) is 48.0 Å². The van der Waals surface area contributed by atoms with Crippen molar-refractivity contribution in [2.45, 2.75) is 25.8 Å². The topological polar surface area (TPSA) is 74.5 Å². The Hall–Kier alpha value is -3.03. The molecule has 1 atom stereocenters. The van der Waals surface area contributed by atoms with Crippen molar-refractivity contribution >= 4 is 5.91 Å². The lowest BCUT2D eigenvalue weighted by Gasteiger charge is -2.35. The van der Waals surface area contributed by atoms with Crippen molar-refractivity contribution in [3.8, 4) is 11.5 Å². The highest BCUT2D eigenvalue weighted by Crippen LogP contribution is 2.19. The molecule has 0 spiro atoms. The van der Waals surface area contributed by atoms with Gasteiger partial charge in [0.2, 0.25) is 17.7 Å². The average molecular weight is 434 g/mol. The fraction of sp³-hybridized carbons (Fsp3) is 0.400. The average Bonchev–Trinajstić information content (AvgIpc) is 3.29. The van der Waals surface area contributed by atoms with Gasteiger partial charge < -0.3 is 14.6 Å². The summed E-state index contributed by atoms with van der Waals surface area (Å²) in [6, 6.07) is 18.1. The Bertz CT molecular complexity index is 995. The monoisotopic (exact) mass is 433 g/mol. The van der Waals surface area contributed by atoms with Crippen molar-refractivity contribution < 1.29 is 9.21 Å². The first-order valence-electron chi connectivity index (χ1n) is 11.2. The maximum Gasteiger partial charge on any atom is 0.247 e. The van der Waals surface area contributed by atoms with Crippen LogP contribution in [0.4, 0.5) is 0 Å². The van der Waals surface area contributed by atoms with Crippen LogP contribution in [0.5, 0.6) is 0 Å². The van der Waals surface area contributed by atoms with Crippen LogP contribution in [-0.2, 0) is 11.2 Å². The Kier molecular flexibility index (Phi) is 7.29. The van der Waals surface area contributed by atoms with Crippen LogP contribution in [-0.4, -0.2) is 65.7 Å². The normalized spacial score (nSPS) is 16.1. The van der Waals surface area contributed by atoms with Gasteiger partial charge in [0.05, 0.1) is 6.04 Å². The molecule has 0 radical (unpaired) electrons. The molecular formula is C25H31N5O2. The summed E-state index contributed by atoms with van der Waals surface area (Å²) in [7, 11) is 2.15. The molecule has 1 fully saturated rings. The number of hydrogen-bond donors (Lipinski definition) is 1. The zero-order chi connectivity index (χ0) is 22.3. The molecule has 1 N–H and O–H groups in total. The second kappa shape index (κ2) is 10.5. The Morgan fingerprint density at radius 2 is 1.75 bits per heavy atom. The molecular weight excluding hydrogens is 402 g/mol. The maximum absolute atomic E-state index is 12.8. The van der Waals surface area contributed by atoms with Gasteiger partial charge in [-0.05, 0) is 31.7 Å². The van der Waals surface area contributed by atoms with Crippen LogP contribution in [0.2, 0.25) is 0 Å². The molecule has 1 aliphatic heterocycles. The minimum absolute atomic E-state index is 0.0110. The van der Waals surface area contributed by atoms with Gasteiger partial charge in [-0.3, -0.25) is 9.69 Å². The van der Waals surface area contributed by atoms with Crippen molar-refractivity contribution in [2.75, 3.05) is 39.8 Å². The van der Waals surface area contributed by atoms with Gasteiger partial charge in [-0.2, -0.15) is 0 Å². The summed E-state index contributed by atoms with van der Waals surface area (Å²) in [6.07, 6.45) is 0.725. The van der Waals surface area contributed by atoms with Crippen LogP contribution in [0, 0.1) is 6.92 Å². The quantitative estimate of drug-likeness (QED) is 0.589. The SMILES string of the molecule is Cc1ccc(-c2nnc(CCC(=O)NC(CN3CCN(C)CC3)c3ccccc3)o2)cc1. The molecule has 0 saturated carbocycles. The van der Waals surface area contributed by atoms with E-state index >= 15 is 0 Å². The van der Waals surface area contributed by atoms with E-state index in [4.69, 9.17) is 4.42 Å². The smallest absolute Gasteiger partial charge is 0.247 e. The molecule has 32 heavy (non-hydrogen) atoms. The Balaban J connectivity index is 1.34. The van der Waals surface area contributed by atoms with E-state index in [1.165, 1.54) is 5.56 Å². The molecule has 168 valence electrons. The summed E-state index contributed by atoms with van der Waals surface area (Å²) in [4.78, 5) is 17.5. The zero-order valence-electron chi connectivity index (χ0n) is 18.8. The number of likely N-dealkylation sites (N-methyl/N-ethyl adjacent to an activating group) is 1. The van der Waals surface area contributed by atoms with Crippen LogP contribution in [0.3, 0.4) is 0 Å². The van der Waals surface area contributed by atoms with E-state index in [1.807, 2.05) is 49.4 Å². The lowest BCUT2D eigenvalue weighted by atomic mass is 10.1. The summed E-state index contributed by atoms with van der Waals surface area (Å²) in [5.74, 6) is 0.951. The molecule has 1 unspecified atom stereocenters. The van der Waals surface area contributed by atoms with Gasteiger partial charge in [0, 0.05) is 51.1 Å². The first-order chi connectivity index (χ1) is 15.6. The molecule has 0 aliphatic carbocycles. The Morgan fingerprint density at radius 1 is 1.03 bits per heavy atom. The fourth-order valence-electron chi connectivity index (χ4n) is 3.86. The number of aromatic nitrogens is 2. The zero-order valence-corrected chi connectivity index (χ0v) is 18.8. The van der Waals surface area contributed by atoms with E-state index < -0.39 is 0 Å². The molecule has 1 aromatic heterocycles. The lowest BCUT2D eigenvalue weighted by molar-refractivity contribution is -0.122. The predicted molar refractivity (Wildman–Crippen MR) is 124 cm³/mol. The van der Waals surface area contributed by atoms with Crippen molar-refractivity contribution in [3.05, 3.63) is 71.6 Å². The number of nitrogens with one attached hydrogen (secondary N) is 1. The van der Waals surface area contributed by atoms with E-state index in [1.54, 1.807) is 0 Å². The first kappa shape index (κ1) is 22.2. The summed E-state index contributed by atoms with van der Waals surface area (Å²) in [5.41, 5.74) is 3.18. The highest BCUT2D eigenvalue weighted by molar-refractivity contribution is 5.76. The van der Waals surface area contributed by atoms with Gasteiger partial charge in [-0.15, -0.1) is 10.2 Å². The second-order valence-corrected chi connectivity index (χ2v) is 8.50. The molecule has 7 heteroatoms. The van der Waals surface area contributed by atoms with Crippen molar-refractivity contribution in [1.82, 2.24) is 25.3 Å². The highest BCUT2D eigenvalue weighted by atomic mass is 16.4. The number of benzene rings is 2.